The maximum atomic E-state index is 11.8. The van der Waals surface area contributed by atoms with E-state index in [1.54, 1.807) is 4.90 Å². The molecule has 1 amide bonds. The molecule has 1 saturated heterocycles. The molecule has 2 rings (SSSR count). The van der Waals surface area contributed by atoms with Crippen LogP contribution in [0.15, 0.2) is 12.7 Å². The second-order valence-corrected chi connectivity index (χ2v) is 4.57. The topological polar surface area (TPSA) is 66.8 Å². The zero-order valence-electron chi connectivity index (χ0n) is 9.67. The number of carbonyl (C=O) groups excluding carboxylic acids is 1. The standard InChI is InChI=1S/C12H17NO4/c1-2-7-17-12(16)13-6-4-3-5-8-9(10(8)13)11(14)15/h2,8-10H,1,3-7H2,(H,14,15)/t8-,9-,10-/m0/s1. The number of rotatable bonds is 3. The van der Waals surface area contributed by atoms with Crippen molar-refractivity contribution in [2.45, 2.75) is 25.3 Å². The molecular weight excluding hydrogens is 222 g/mol. The zero-order chi connectivity index (χ0) is 12.4. The maximum absolute atomic E-state index is 11.8. The molecule has 0 aromatic heterocycles. The summed E-state index contributed by atoms with van der Waals surface area (Å²) in [6.07, 6.45) is 3.89. The summed E-state index contributed by atoms with van der Waals surface area (Å²) in [6.45, 7) is 4.25. The number of fused-ring (bicyclic) bond motifs is 1. The largest absolute Gasteiger partial charge is 0.481 e. The highest BCUT2D eigenvalue weighted by Gasteiger charge is 2.59. The van der Waals surface area contributed by atoms with Crippen molar-refractivity contribution >= 4 is 12.1 Å². The molecule has 0 radical (unpaired) electrons. The number of hydrogen-bond donors (Lipinski definition) is 1. The third-order valence-electron chi connectivity index (χ3n) is 3.52. The highest BCUT2D eigenvalue weighted by atomic mass is 16.6. The van der Waals surface area contributed by atoms with Crippen LogP contribution in [0.4, 0.5) is 4.79 Å². The number of hydrogen-bond acceptors (Lipinski definition) is 3. The fraction of sp³-hybridized carbons (Fsp3) is 0.667. The van der Waals surface area contributed by atoms with Crippen LogP contribution in [-0.4, -0.2) is 41.3 Å². The summed E-state index contributed by atoms with van der Waals surface area (Å²) < 4.78 is 4.99. The van der Waals surface area contributed by atoms with Gasteiger partial charge in [-0.15, -0.1) is 0 Å². The minimum Gasteiger partial charge on any atom is -0.481 e. The average molecular weight is 239 g/mol. The Labute approximate surface area is 100 Å². The normalized spacial score (nSPS) is 31.1. The van der Waals surface area contributed by atoms with E-state index < -0.39 is 18.0 Å². The molecule has 0 aromatic rings. The van der Waals surface area contributed by atoms with E-state index in [4.69, 9.17) is 9.84 Å². The third-order valence-corrected chi connectivity index (χ3v) is 3.52. The molecular formula is C12H17NO4. The average Bonchev–Trinajstić information content (AvgIpc) is 3.00. The maximum Gasteiger partial charge on any atom is 0.410 e. The van der Waals surface area contributed by atoms with E-state index in [2.05, 4.69) is 6.58 Å². The monoisotopic (exact) mass is 239 g/mol. The molecule has 3 atom stereocenters. The Morgan fingerprint density at radius 2 is 2.24 bits per heavy atom. The van der Waals surface area contributed by atoms with Crippen molar-refractivity contribution in [2.75, 3.05) is 13.2 Å². The first-order valence-corrected chi connectivity index (χ1v) is 5.94. The molecule has 5 nitrogen and oxygen atoms in total. The van der Waals surface area contributed by atoms with Gasteiger partial charge in [-0.2, -0.15) is 0 Å². The van der Waals surface area contributed by atoms with Crippen LogP contribution in [0.1, 0.15) is 19.3 Å². The fourth-order valence-electron chi connectivity index (χ4n) is 2.70. The van der Waals surface area contributed by atoms with E-state index in [1.165, 1.54) is 6.08 Å². The SMILES string of the molecule is C=CCOC(=O)N1CCCC[C@H]2[C@H](C(=O)O)[C@H]21. The molecule has 1 saturated carbocycles. The summed E-state index contributed by atoms with van der Waals surface area (Å²) in [7, 11) is 0. The molecule has 17 heavy (non-hydrogen) atoms. The first-order valence-electron chi connectivity index (χ1n) is 5.94. The number of nitrogens with zero attached hydrogens (tertiary/aromatic N) is 1. The molecule has 1 aliphatic heterocycles. The van der Waals surface area contributed by atoms with Crippen LogP contribution >= 0.6 is 0 Å². The molecule has 1 N–H and O–H groups in total. The highest BCUT2D eigenvalue weighted by Crippen LogP contribution is 2.48. The second-order valence-electron chi connectivity index (χ2n) is 4.57. The van der Waals surface area contributed by atoms with Crippen LogP contribution in [-0.2, 0) is 9.53 Å². The highest BCUT2D eigenvalue weighted by molar-refractivity contribution is 5.78. The van der Waals surface area contributed by atoms with Crippen LogP contribution in [0.2, 0.25) is 0 Å². The number of carboxylic acids is 1. The number of aliphatic carboxylic acids is 1. The summed E-state index contributed by atoms with van der Waals surface area (Å²) in [5.74, 6) is -1.08. The van der Waals surface area contributed by atoms with Crippen molar-refractivity contribution in [3.8, 4) is 0 Å². The van der Waals surface area contributed by atoms with Crippen LogP contribution in [0.5, 0.6) is 0 Å². The summed E-state index contributed by atoms with van der Waals surface area (Å²) in [5, 5.41) is 9.06. The number of ether oxygens (including phenoxy) is 1. The minimum atomic E-state index is -0.802. The number of likely N-dealkylation sites (tertiary alicyclic amines) is 1. The van der Waals surface area contributed by atoms with Gasteiger partial charge in [-0.3, -0.25) is 4.79 Å². The number of carboxylic acid groups (broad SMARTS) is 1. The quantitative estimate of drug-likeness (QED) is 0.758. The first kappa shape index (κ1) is 12.0. The van der Waals surface area contributed by atoms with Gasteiger partial charge in [0.05, 0.1) is 12.0 Å². The van der Waals surface area contributed by atoms with Crippen molar-refractivity contribution < 1.29 is 19.4 Å². The van der Waals surface area contributed by atoms with E-state index in [-0.39, 0.29) is 18.6 Å². The van der Waals surface area contributed by atoms with Gasteiger partial charge < -0.3 is 14.7 Å². The molecule has 2 aliphatic rings. The Balaban J connectivity index is 2.02. The van der Waals surface area contributed by atoms with Gasteiger partial charge in [-0.25, -0.2) is 4.79 Å². The van der Waals surface area contributed by atoms with Gasteiger partial charge in [0.25, 0.3) is 0 Å². The summed E-state index contributed by atoms with van der Waals surface area (Å²) in [5.41, 5.74) is 0. The van der Waals surface area contributed by atoms with Gasteiger partial charge in [-0.1, -0.05) is 19.1 Å². The third kappa shape index (κ3) is 2.28. The van der Waals surface area contributed by atoms with E-state index in [0.717, 1.165) is 19.3 Å². The number of amides is 1. The van der Waals surface area contributed by atoms with E-state index in [9.17, 15) is 9.59 Å². The second kappa shape index (κ2) is 4.77. The van der Waals surface area contributed by atoms with Crippen LogP contribution in [0.25, 0.3) is 0 Å². The first-order chi connectivity index (χ1) is 8.16. The smallest absolute Gasteiger partial charge is 0.410 e. The summed E-state index contributed by atoms with van der Waals surface area (Å²) in [6, 6.07) is -0.160. The predicted molar refractivity (Wildman–Crippen MR) is 60.5 cm³/mol. The van der Waals surface area contributed by atoms with Crippen molar-refractivity contribution in [3.05, 3.63) is 12.7 Å². The van der Waals surface area contributed by atoms with Crippen LogP contribution in [0.3, 0.4) is 0 Å². The van der Waals surface area contributed by atoms with Gasteiger partial charge in [0, 0.05) is 6.54 Å². The zero-order valence-corrected chi connectivity index (χ0v) is 9.67. The molecule has 1 aliphatic carbocycles. The van der Waals surface area contributed by atoms with E-state index in [0.29, 0.717) is 6.54 Å². The lowest BCUT2D eigenvalue weighted by Gasteiger charge is -2.20. The molecule has 1 heterocycles. The lowest BCUT2D eigenvalue weighted by molar-refractivity contribution is -0.139. The van der Waals surface area contributed by atoms with E-state index >= 15 is 0 Å². The Kier molecular flexibility index (Phi) is 3.36. The van der Waals surface area contributed by atoms with E-state index in [1.807, 2.05) is 0 Å². The Bertz CT molecular complexity index is 341. The number of carbonyl (C=O) groups is 2. The Morgan fingerprint density at radius 1 is 1.47 bits per heavy atom. The van der Waals surface area contributed by atoms with Crippen LogP contribution < -0.4 is 0 Å². The van der Waals surface area contributed by atoms with Gasteiger partial charge in [-0.05, 0) is 18.8 Å². The molecule has 0 unspecified atom stereocenters. The van der Waals surface area contributed by atoms with Gasteiger partial charge in [0.15, 0.2) is 0 Å². The Morgan fingerprint density at radius 3 is 2.88 bits per heavy atom. The predicted octanol–water partition coefficient (Wildman–Crippen LogP) is 1.49. The van der Waals surface area contributed by atoms with Crippen molar-refractivity contribution in [1.29, 1.82) is 0 Å². The minimum absolute atomic E-state index is 0.117. The summed E-state index contributed by atoms with van der Waals surface area (Å²) in [4.78, 5) is 24.4. The lowest BCUT2D eigenvalue weighted by atomic mass is 10.1. The van der Waals surface area contributed by atoms with Crippen LogP contribution in [0, 0.1) is 11.8 Å². The fourth-order valence-corrected chi connectivity index (χ4v) is 2.70. The Hall–Kier alpha value is -1.52. The molecule has 0 bridgehead atoms. The van der Waals surface area contributed by atoms with Gasteiger partial charge in [0.1, 0.15) is 6.61 Å². The molecule has 5 heteroatoms. The lowest BCUT2D eigenvalue weighted by Crippen LogP contribution is -2.36. The van der Waals surface area contributed by atoms with Gasteiger partial charge in [0.2, 0.25) is 0 Å². The van der Waals surface area contributed by atoms with Crippen molar-refractivity contribution in [3.63, 3.8) is 0 Å². The summed E-state index contributed by atoms with van der Waals surface area (Å²) >= 11 is 0. The molecule has 94 valence electrons. The molecule has 0 aromatic carbocycles. The van der Waals surface area contributed by atoms with Gasteiger partial charge >= 0.3 is 12.1 Å². The molecule has 0 spiro atoms. The van der Waals surface area contributed by atoms with Crippen molar-refractivity contribution in [2.24, 2.45) is 11.8 Å². The molecule has 2 fully saturated rings. The van der Waals surface area contributed by atoms with Crippen molar-refractivity contribution in [1.82, 2.24) is 4.90 Å².